The second-order valence-corrected chi connectivity index (χ2v) is 4.92. The maximum absolute atomic E-state index is 13.4. The molecule has 4 nitrogen and oxygen atoms in total. The molecular weight excluding hydrogens is 261 g/mol. The Bertz CT molecular complexity index is 478. The third-order valence-electron chi connectivity index (χ3n) is 3.30. The lowest BCUT2D eigenvalue weighted by Gasteiger charge is -2.19. The molecule has 1 aromatic rings. The number of nitrogens with one attached hydrogen (secondary N) is 1. The highest BCUT2D eigenvalue weighted by Gasteiger charge is 2.29. The van der Waals surface area contributed by atoms with Crippen LogP contribution in [0.15, 0.2) is 18.2 Å². The molecule has 20 heavy (non-hydrogen) atoms. The van der Waals surface area contributed by atoms with E-state index in [4.69, 9.17) is 9.47 Å². The van der Waals surface area contributed by atoms with Crippen LogP contribution in [0.1, 0.15) is 38.3 Å². The first kappa shape index (κ1) is 14.8. The summed E-state index contributed by atoms with van der Waals surface area (Å²) in [4.78, 5) is 11.5. The molecule has 1 aliphatic heterocycles. The molecule has 2 unspecified atom stereocenters. The van der Waals surface area contributed by atoms with Crippen molar-refractivity contribution in [1.29, 1.82) is 0 Å². The highest BCUT2D eigenvalue weighted by Crippen LogP contribution is 2.28. The normalized spacial score (nSPS) is 19.8. The van der Waals surface area contributed by atoms with E-state index in [-0.39, 0.29) is 17.8 Å². The fraction of sp³-hybridized carbons (Fsp3) is 0.533. The van der Waals surface area contributed by atoms with Gasteiger partial charge in [-0.2, -0.15) is 0 Å². The predicted octanol–water partition coefficient (Wildman–Crippen LogP) is 2.58. The Kier molecular flexibility index (Phi) is 4.95. The van der Waals surface area contributed by atoms with Gasteiger partial charge in [-0.15, -0.1) is 0 Å². The van der Waals surface area contributed by atoms with Gasteiger partial charge in [0.15, 0.2) is 6.10 Å². The molecule has 2 atom stereocenters. The maximum atomic E-state index is 13.4. The molecule has 0 radical (unpaired) electrons. The van der Waals surface area contributed by atoms with Crippen molar-refractivity contribution in [3.63, 3.8) is 0 Å². The van der Waals surface area contributed by atoms with Gasteiger partial charge in [0.2, 0.25) is 0 Å². The zero-order valence-corrected chi connectivity index (χ0v) is 11.8. The molecule has 0 aromatic heterocycles. The van der Waals surface area contributed by atoms with E-state index < -0.39 is 6.10 Å². The Morgan fingerprint density at radius 1 is 1.55 bits per heavy atom. The molecule has 1 fully saturated rings. The predicted molar refractivity (Wildman–Crippen MR) is 73.1 cm³/mol. The molecule has 110 valence electrons. The molecule has 1 saturated heterocycles. The molecule has 1 N–H and O–H groups in total. The number of cyclic esters (lactones) is 1. The van der Waals surface area contributed by atoms with Gasteiger partial charge in [0.1, 0.15) is 11.6 Å². The lowest BCUT2D eigenvalue weighted by atomic mass is 10.1. The number of ether oxygens (including phenoxy) is 2. The van der Waals surface area contributed by atoms with Crippen molar-refractivity contribution < 1.29 is 18.7 Å². The lowest BCUT2D eigenvalue weighted by molar-refractivity contribution is -0.143. The van der Waals surface area contributed by atoms with Gasteiger partial charge in [-0.05, 0) is 38.1 Å². The first-order valence-corrected chi connectivity index (χ1v) is 6.98. The van der Waals surface area contributed by atoms with Crippen LogP contribution in [0.25, 0.3) is 0 Å². The fourth-order valence-corrected chi connectivity index (χ4v) is 2.17. The second kappa shape index (κ2) is 6.70. The lowest BCUT2D eigenvalue weighted by Crippen LogP contribution is -2.24. The Hall–Kier alpha value is -1.62. The van der Waals surface area contributed by atoms with Gasteiger partial charge >= 0.3 is 5.97 Å². The maximum Gasteiger partial charge on any atom is 0.347 e. The Morgan fingerprint density at radius 3 is 3.00 bits per heavy atom. The zero-order chi connectivity index (χ0) is 14.5. The average Bonchev–Trinajstić information content (AvgIpc) is 2.83. The number of halogens is 1. The van der Waals surface area contributed by atoms with E-state index in [1.54, 1.807) is 6.07 Å². The number of benzene rings is 1. The van der Waals surface area contributed by atoms with Gasteiger partial charge in [-0.3, -0.25) is 0 Å². The zero-order valence-electron chi connectivity index (χ0n) is 11.8. The summed E-state index contributed by atoms with van der Waals surface area (Å²) < 4.78 is 24.0. The molecule has 0 saturated carbocycles. The number of rotatable bonds is 6. The van der Waals surface area contributed by atoms with E-state index in [2.05, 4.69) is 12.2 Å². The summed E-state index contributed by atoms with van der Waals surface area (Å²) >= 11 is 0. The van der Waals surface area contributed by atoms with Crippen LogP contribution in [0, 0.1) is 5.82 Å². The monoisotopic (exact) mass is 281 g/mol. The summed E-state index contributed by atoms with van der Waals surface area (Å²) in [6, 6.07) is 4.31. The highest BCUT2D eigenvalue weighted by atomic mass is 19.1. The third kappa shape index (κ3) is 3.48. The molecular formula is C15H20FNO3. The fourth-order valence-electron chi connectivity index (χ4n) is 2.17. The van der Waals surface area contributed by atoms with Crippen LogP contribution in [-0.4, -0.2) is 25.2 Å². The van der Waals surface area contributed by atoms with Crippen molar-refractivity contribution in [2.45, 2.75) is 38.8 Å². The van der Waals surface area contributed by atoms with E-state index >= 15 is 0 Å². The summed E-state index contributed by atoms with van der Waals surface area (Å²) in [5.41, 5.74) is 0.721. The first-order valence-electron chi connectivity index (χ1n) is 6.98. The van der Waals surface area contributed by atoms with Crippen LogP contribution in [0.2, 0.25) is 0 Å². The van der Waals surface area contributed by atoms with Crippen LogP contribution in [-0.2, 0) is 9.53 Å². The van der Waals surface area contributed by atoms with Crippen molar-refractivity contribution in [3.05, 3.63) is 29.6 Å². The first-order chi connectivity index (χ1) is 9.61. The Labute approximate surface area is 118 Å². The summed E-state index contributed by atoms with van der Waals surface area (Å²) in [7, 11) is 0. The summed E-state index contributed by atoms with van der Waals surface area (Å²) in [6.45, 7) is 5.23. The molecule has 5 heteroatoms. The Balaban J connectivity index is 2.16. The van der Waals surface area contributed by atoms with Crippen LogP contribution in [0.4, 0.5) is 4.39 Å². The molecule has 0 bridgehead atoms. The van der Waals surface area contributed by atoms with Gasteiger partial charge in [0.25, 0.3) is 0 Å². The molecule has 1 aliphatic rings. The molecule has 2 rings (SSSR count). The average molecular weight is 281 g/mol. The second-order valence-electron chi connectivity index (χ2n) is 4.92. The van der Waals surface area contributed by atoms with Crippen molar-refractivity contribution in [3.8, 4) is 5.75 Å². The minimum absolute atomic E-state index is 0.0435. The van der Waals surface area contributed by atoms with E-state index in [1.165, 1.54) is 12.1 Å². The number of hydrogen-bond acceptors (Lipinski definition) is 4. The Morgan fingerprint density at radius 2 is 2.35 bits per heavy atom. The van der Waals surface area contributed by atoms with E-state index in [0.29, 0.717) is 18.8 Å². The smallest absolute Gasteiger partial charge is 0.347 e. The topological polar surface area (TPSA) is 47.6 Å². The van der Waals surface area contributed by atoms with Crippen LogP contribution >= 0.6 is 0 Å². The standard InChI is InChI=1S/C15H20FNO3/c1-3-7-17-10(2)12-9-11(16)4-5-13(12)20-14-6-8-19-15(14)18/h4-5,9-10,14,17H,3,6-8H2,1-2H3. The quantitative estimate of drug-likeness (QED) is 0.814. The molecule has 1 aromatic carbocycles. The highest BCUT2D eigenvalue weighted by molar-refractivity contribution is 5.76. The molecule has 0 aliphatic carbocycles. The minimum Gasteiger partial charge on any atom is -0.478 e. The molecule has 0 amide bonds. The van der Waals surface area contributed by atoms with Gasteiger partial charge in [0.05, 0.1) is 6.61 Å². The number of esters is 1. The van der Waals surface area contributed by atoms with Gasteiger partial charge in [0, 0.05) is 18.0 Å². The molecule has 1 heterocycles. The van der Waals surface area contributed by atoms with Crippen LogP contribution in [0.3, 0.4) is 0 Å². The number of hydrogen-bond donors (Lipinski definition) is 1. The van der Waals surface area contributed by atoms with Crippen molar-refractivity contribution in [2.24, 2.45) is 0 Å². The third-order valence-corrected chi connectivity index (χ3v) is 3.30. The minimum atomic E-state index is -0.586. The van der Waals surface area contributed by atoms with Gasteiger partial charge in [-0.25, -0.2) is 9.18 Å². The van der Waals surface area contributed by atoms with E-state index in [1.807, 2.05) is 6.92 Å². The van der Waals surface area contributed by atoms with E-state index in [9.17, 15) is 9.18 Å². The van der Waals surface area contributed by atoms with Crippen molar-refractivity contribution >= 4 is 5.97 Å². The van der Waals surface area contributed by atoms with Gasteiger partial charge in [-0.1, -0.05) is 6.92 Å². The van der Waals surface area contributed by atoms with Gasteiger partial charge < -0.3 is 14.8 Å². The largest absolute Gasteiger partial charge is 0.478 e. The number of carbonyl (C=O) groups is 1. The van der Waals surface area contributed by atoms with Crippen molar-refractivity contribution in [2.75, 3.05) is 13.2 Å². The van der Waals surface area contributed by atoms with Crippen LogP contribution < -0.4 is 10.1 Å². The molecule has 0 spiro atoms. The van der Waals surface area contributed by atoms with Crippen LogP contribution in [0.5, 0.6) is 5.75 Å². The van der Waals surface area contributed by atoms with E-state index in [0.717, 1.165) is 18.5 Å². The summed E-state index contributed by atoms with van der Waals surface area (Å²) in [5, 5.41) is 3.29. The van der Waals surface area contributed by atoms with Crippen molar-refractivity contribution in [1.82, 2.24) is 5.32 Å². The summed E-state index contributed by atoms with van der Waals surface area (Å²) in [6.07, 6.45) is 0.939. The summed E-state index contributed by atoms with van der Waals surface area (Å²) in [5.74, 6) is -0.132. The SMILES string of the molecule is CCCNC(C)c1cc(F)ccc1OC1CCOC1=O. The number of carbonyl (C=O) groups excluding carboxylic acids is 1.